The molecule has 1 fully saturated rings. The van der Waals surface area contributed by atoms with Gasteiger partial charge in [0.15, 0.2) is 17.5 Å². The van der Waals surface area contributed by atoms with E-state index in [1.807, 2.05) is 25.1 Å². The molecule has 1 aliphatic rings. The van der Waals surface area contributed by atoms with E-state index in [2.05, 4.69) is 27.4 Å². The number of halogens is 1. The number of anilines is 1. The molecule has 1 aliphatic heterocycles. The smallest absolute Gasteiger partial charge is 0.195 e. The van der Waals surface area contributed by atoms with Gasteiger partial charge in [-0.3, -0.25) is 9.89 Å². The third-order valence-corrected chi connectivity index (χ3v) is 4.33. The lowest BCUT2D eigenvalue weighted by Gasteiger charge is -2.26. The van der Waals surface area contributed by atoms with Crippen LogP contribution in [0.25, 0.3) is 0 Å². The molecule has 0 aromatic heterocycles. The molecule has 0 aliphatic carbocycles. The van der Waals surface area contributed by atoms with Crippen molar-refractivity contribution in [1.82, 2.24) is 10.2 Å². The summed E-state index contributed by atoms with van der Waals surface area (Å²) in [6.07, 6.45) is 2.22. The normalized spacial score (nSPS) is 14.9. The molecule has 0 bridgehead atoms. The minimum Gasteiger partial charge on any atom is -0.493 e. The Hall–Kier alpha value is -1.26. The predicted molar refractivity (Wildman–Crippen MR) is 126 cm³/mol. The topological polar surface area (TPSA) is 67.4 Å². The molecule has 0 amide bonds. The number of guanidine groups is 1. The van der Waals surface area contributed by atoms with Gasteiger partial charge in [0, 0.05) is 37.9 Å². The summed E-state index contributed by atoms with van der Waals surface area (Å²) in [7, 11) is 1.65. The molecular formula is C20H35IN4O3. The lowest BCUT2D eigenvalue weighted by atomic mass is 10.2. The minimum absolute atomic E-state index is 0. The van der Waals surface area contributed by atoms with E-state index < -0.39 is 0 Å². The summed E-state index contributed by atoms with van der Waals surface area (Å²) in [4.78, 5) is 7.15. The molecule has 0 atom stereocenters. The fourth-order valence-electron chi connectivity index (χ4n) is 2.93. The monoisotopic (exact) mass is 506 g/mol. The van der Waals surface area contributed by atoms with Gasteiger partial charge in [-0.25, -0.2) is 0 Å². The van der Waals surface area contributed by atoms with Crippen molar-refractivity contribution < 1.29 is 14.2 Å². The van der Waals surface area contributed by atoms with Crippen LogP contribution in [0.15, 0.2) is 23.2 Å². The number of nitrogens with one attached hydrogen (secondary N) is 2. The molecule has 2 N–H and O–H groups in total. The Bertz CT molecular complexity index is 581. The van der Waals surface area contributed by atoms with E-state index in [1.54, 1.807) is 7.11 Å². The van der Waals surface area contributed by atoms with Gasteiger partial charge in [0.05, 0.1) is 26.9 Å². The van der Waals surface area contributed by atoms with Gasteiger partial charge in [-0.05, 0) is 45.4 Å². The van der Waals surface area contributed by atoms with E-state index in [0.29, 0.717) is 6.61 Å². The van der Waals surface area contributed by atoms with Gasteiger partial charge >= 0.3 is 0 Å². The molecule has 0 spiro atoms. The van der Waals surface area contributed by atoms with Crippen molar-refractivity contribution in [3.63, 3.8) is 0 Å². The summed E-state index contributed by atoms with van der Waals surface area (Å²) >= 11 is 0. The second-order valence-corrected chi connectivity index (χ2v) is 6.35. The number of nitrogens with zero attached hydrogens (tertiary/aromatic N) is 2. The summed E-state index contributed by atoms with van der Waals surface area (Å²) < 4.78 is 16.4. The minimum atomic E-state index is 0. The van der Waals surface area contributed by atoms with Crippen LogP contribution in [-0.2, 0) is 4.74 Å². The van der Waals surface area contributed by atoms with Gasteiger partial charge in [-0.1, -0.05) is 0 Å². The Kier molecular flexibility index (Phi) is 13.0. The molecule has 1 saturated heterocycles. The van der Waals surface area contributed by atoms with E-state index >= 15 is 0 Å². The third-order valence-electron chi connectivity index (χ3n) is 4.33. The molecule has 1 aromatic carbocycles. The number of hydrogen-bond donors (Lipinski definition) is 2. The maximum atomic E-state index is 5.64. The Morgan fingerprint density at radius 3 is 2.64 bits per heavy atom. The van der Waals surface area contributed by atoms with Crippen molar-refractivity contribution in [3.8, 4) is 11.5 Å². The fourth-order valence-corrected chi connectivity index (χ4v) is 2.93. The van der Waals surface area contributed by atoms with E-state index in [0.717, 1.165) is 81.9 Å². The second-order valence-electron chi connectivity index (χ2n) is 6.35. The third kappa shape index (κ3) is 8.83. The molecule has 1 heterocycles. The lowest BCUT2D eigenvalue weighted by molar-refractivity contribution is 0.0373. The van der Waals surface area contributed by atoms with E-state index in [-0.39, 0.29) is 24.0 Å². The van der Waals surface area contributed by atoms with Gasteiger partial charge in [0.2, 0.25) is 0 Å². The summed E-state index contributed by atoms with van der Waals surface area (Å²) in [5, 5.41) is 6.64. The van der Waals surface area contributed by atoms with Crippen LogP contribution in [0.2, 0.25) is 0 Å². The zero-order valence-corrected chi connectivity index (χ0v) is 19.7. The molecule has 0 radical (unpaired) electrons. The quantitative estimate of drug-likeness (QED) is 0.220. The van der Waals surface area contributed by atoms with E-state index in [4.69, 9.17) is 14.2 Å². The van der Waals surface area contributed by atoms with Crippen LogP contribution in [0.4, 0.5) is 5.69 Å². The highest BCUT2D eigenvalue weighted by atomic mass is 127. The van der Waals surface area contributed by atoms with Crippen LogP contribution < -0.4 is 20.1 Å². The van der Waals surface area contributed by atoms with E-state index in [1.165, 1.54) is 0 Å². The first kappa shape index (κ1) is 24.8. The summed E-state index contributed by atoms with van der Waals surface area (Å²) in [6, 6.07) is 5.81. The Labute approximate surface area is 186 Å². The number of morpholine rings is 1. The van der Waals surface area contributed by atoms with Gasteiger partial charge < -0.3 is 24.8 Å². The second kappa shape index (κ2) is 14.7. The number of benzene rings is 1. The van der Waals surface area contributed by atoms with Crippen LogP contribution >= 0.6 is 24.0 Å². The molecule has 0 saturated carbocycles. The molecule has 160 valence electrons. The first-order valence-electron chi connectivity index (χ1n) is 9.93. The van der Waals surface area contributed by atoms with Crippen molar-refractivity contribution in [2.75, 3.05) is 65.0 Å². The van der Waals surface area contributed by atoms with Gasteiger partial charge in [-0.15, -0.1) is 24.0 Å². The van der Waals surface area contributed by atoms with Crippen molar-refractivity contribution in [1.29, 1.82) is 0 Å². The number of ether oxygens (including phenoxy) is 3. The Balaban J connectivity index is 0.00000392. The van der Waals surface area contributed by atoms with Crippen LogP contribution in [0.3, 0.4) is 0 Å². The largest absolute Gasteiger partial charge is 0.493 e. The first-order chi connectivity index (χ1) is 13.3. The molecule has 1 aromatic rings. The molecular weight excluding hydrogens is 471 g/mol. The molecule has 0 unspecified atom stereocenters. The SMILES string of the molecule is CCNC(=NCCCCN1CCOCC1)Nc1ccc(OC)c(OCC)c1.I. The van der Waals surface area contributed by atoms with Crippen LogP contribution in [0.5, 0.6) is 11.5 Å². The van der Waals surface area contributed by atoms with Crippen LogP contribution in [-0.4, -0.2) is 70.5 Å². The maximum Gasteiger partial charge on any atom is 0.195 e. The average Bonchev–Trinajstić information content (AvgIpc) is 2.69. The van der Waals surface area contributed by atoms with Crippen molar-refractivity contribution in [3.05, 3.63) is 18.2 Å². The van der Waals surface area contributed by atoms with Gasteiger partial charge in [0.1, 0.15) is 0 Å². The molecule has 28 heavy (non-hydrogen) atoms. The van der Waals surface area contributed by atoms with Gasteiger partial charge in [-0.2, -0.15) is 0 Å². The predicted octanol–water partition coefficient (Wildman–Crippen LogP) is 3.20. The number of aliphatic imine (C=N–C) groups is 1. The zero-order chi connectivity index (χ0) is 19.3. The van der Waals surface area contributed by atoms with Crippen molar-refractivity contribution in [2.24, 2.45) is 4.99 Å². The van der Waals surface area contributed by atoms with Crippen LogP contribution in [0.1, 0.15) is 26.7 Å². The first-order valence-corrected chi connectivity index (χ1v) is 9.93. The summed E-state index contributed by atoms with van der Waals surface area (Å²) in [5.41, 5.74) is 0.923. The number of methoxy groups -OCH3 is 1. The van der Waals surface area contributed by atoms with Crippen LogP contribution in [0, 0.1) is 0 Å². The number of hydrogen-bond acceptors (Lipinski definition) is 5. The lowest BCUT2D eigenvalue weighted by Crippen LogP contribution is -2.36. The Morgan fingerprint density at radius 2 is 1.96 bits per heavy atom. The van der Waals surface area contributed by atoms with Crippen molar-refractivity contribution in [2.45, 2.75) is 26.7 Å². The summed E-state index contributed by atoms with van der Waals surface area (Å²) in [5.74, 6) is 2.25. The van der Waals surface area contributed by atoms with Gasteiger partial charge in [0.25, 0.3) is 0 Å². The Morgan fingerprint density at radius 1 is 1.18 bits per heavy atom. The number of unbranched alkanes of at least 4 members (excludes halogenated alkanes) is 1. The standard InChI is InChI=1S/C20H34N4O3.HI/c1-4-21-20(22-10-6-7-11-24-12-14-26-15-13-24)23-17-8-9-18(25-3)19(16-17)27-5-2;/h8-9,16H,4-7,10-15H2,1-3H3,(H2,21,22,23);1H. The van der Waals surface area contributed by atoms with E-state index in [9.17, 15) is 0 Å². The zero-order valence-electron chi connectivity index (χ0n) is 17.3. The highest BCUT2D eigenvalue weighted by Crippen LogP contribution is 2.30. The molecule has 7 nitrogen and oxygen atoms in total. The number of rotatable bonds is 10. The average molecular weight is 506 g/mol. The summed E-state index contributed by atoms with van der Waals surface area (Å²) in [6.45, 7) is 11.2. The van der Waals surface area contributed by atoms with Crippen molar-refractivity contribution >= 4 is 35.6 Å². The highest BCUT2D eigenvalue weighted by molar-refractivity contribution is 14.0. The highest BCUT2D eigenvalue weighted by Gasteiger charge is 2.09. The maximum absolute atomic E-state index is 5.64. The molecule has 2 rings (SSSR count). The molecule has 8 heteroatoms. The fraction of sp³-hybridized carbons (Fsp3) is 0.650.